The number of halogens is 1. The third-order valence-electron chi connectivity index (χ3n) is 3.23. The Morgan fingerprint density at radius 1 is 1.43 bits per heavy atom. The predicted octanol–water partition coefficient (Wildman–Crippen LogP) is 2.67. The predicted molar refractivity (Wildman–Crippen MR) is 89.1 cm³/mol. The Labute approximate surface area is 139 Å². The largest absolute Gasteiger partial charge is 0.452 e. The SMILES string of the molecule is CCCNCc1cc(S(=O)(=O)N2CCCSCC2)c(Br)o1. The van der Waals surface area contributed by atoms with Crippen molar-refractivity contribution in [3.63, 3.8) is 0 Å². The number of thioether (sulfide) groups is 1. The molecule has 0 saturated carbocycles. The van der Waals surface area contributed by atoms with Crippen LogP contribution < -0.4 is 5.32 Å². The Balaban J connectivity index is 2.15. The smallest absolute Gasteiger partial charge is 0.247 e. The second-order valence-electron chi connectivity index (χ2n) is 4.90. The summed E-state index contributed by atoms with van der Waals surface area (Å²) >= 11 is 5.05. The highest BCUT2D eigenvalue weighted by molar-refractivity contribution is 9.10. The number of nitrogens with one attached hydrogen (secondary N) is 1. The van der Waals surface area contributed by atoms with E-state index >= 15 is 0 Å². The molecule has 1 aromatic rings. The van der Waals surface area contributed by atoms with Gasteiger partial charge in [0, 0.05) is 24.9 Å². The van der Waals surface area contributed by atoms with Gasteiger partial charge >= 0.3 is 0 Å². The number of hydrogen-bond acceptors (Lipinski definition) is 5. The number of nitrogens with zero attached hydrogens (tertiary/aromatic N) is 1. The Kier molecular flexibility index (Phi) is 6.61. The van der Waals surface area contributed by atoms with Gasteiger partial charge in [0.15, 0.2) is 4.67 Å². The fourth-order valence-electron chi connectivity index (χ4n) is 2.15. The van der Waals surface area contributed by atoms with Gasteiger partial charge in [-0.2, -0.15) is 16.1 Å². The van der Waals surface area contributed by atoms with Gasteiger partial charge < -0.3 is 9.73 Å². The van der Waals surface area contributed by atoms with Crippen LogP contribution in [0.5, 0.6) is 0 Å². The van der Waals surface area contributed by atoms with Crippen molar-refractivity contribution in [2.24, 2.45) is 0 Å². The summed E-state index contributed by atoms with van der Waals surface area (Å²) in [5.41, 5.74) is 0. The minimum atomic E-state index is -3.47. The first kappa shape index (κ1) is 17.3. The monoisotopic (exact) mass is 396 g/mol. The van der Waals surface area contributed by atoms with Crippen LogP contribution in [0.15, 0.2) is 20.0 Å². The summed E-state index contributed by atoms with van der Waals surface area (Å²) in [6.45, 7) is 4.64. The van der Waals surface area contributed by atoms with Crippen molar-refractivity contribution < 1.29 is 12.8 Å². The number of rotatable bonds is 6. The van der Waals surface area contributed by atoms with Crippen molar-refractivity contribution in [3.05, 3.63) is 16.5 Å². The summed E-state index contributed by atoms with van der Waals surface area (Å²) in [7, 11) is -3.47. The molecule has 0 aliphatic carbocycles. The van der Waals surface area contributed by atoms with Crippen LogP contribution in [0.4, 0.5) is 0 Å². The number of furan rings is 1. The lowest BCUT2D eigenvalue weighted by Gasteiger charge is -2.18. The zero-order valence-electron chi connectivity index (χ0n) is 12.1. The third kappa shape index (κ3) is 4.48. The van der Waals surface area contributed by atoms with Crippen LogP contribution in [0, 0.1) is 0 Å². The van der Waals surface area contributed by atoms with Crippen LogP contribution in [-0.2, 0) is 16.6 Å². The van der Waals surface area contributed by atoms with Gasteiger partial charge in [-0.15, -0.1) is 0 Å². The quantitative estimate of drug-likeness (QED) is 0.748. The molecule has 1 aliphatic heterocycles. The Bertz CT molecular complexity index is 552. The van der Waals surface area contributed by atoms with Crippen LogP contribution >= 0.6 is 27.7 Å². The van der Waals surface area contributed by atoms with Gasteiger partial charge in [-0.05, 0) is 41.1 Å². The Morgan fingerprint density at radius 3 is 3.00 bits per heavy atom. The fraction of sp³-hybridized carbons (Fsp3) is 0.692. The molecule has 21 heavy (non-hydrogen) atoms. The lowest BCUT2D eigenvalue weighted by atomic mass is 10.4. The van der Waals surface area contributed by atoms with E-state index in [1.807, 2.05) is 0 Å². The molecule has 1 N–H and O–H groups in total. The molecule has 0 radical (unpaired) electrons. The second kappa shape index (κ2) is 8.01. The van der Waals surface area contributed by atoms with Crippen LogP contribution in [0.1, 0.15) is 25.5 Å². The average molecular weight is 397 g/mol. The third-order valence-corrected chi connectivity index (χ3v) is 7.04. The van der Waals surface area contributed by atoms with E-state index in [2.05, 4.69) is 28.2 Å². The minimum absolute atomic E-state index is 0.239. The van der Waals surface area contributed by atoms with E-state index in [9.17, 15) is 8.42 Å². The van der Waals surface area contributed by atoms with Gasteiger partial charge in [0.2, 0.25) is 10.0 Å². The van der Waals surface area contributed by atoms with E-state index in [0.717, 1.165) is 30.9 Å². The summed E-state index contributed by atoms with van der Waals surface area (Å²) < 4.78 is 32.8. The maximum atomic E-state index is 12.7. The summed E-state index contributed by atoms with van der Waals surface area (Å²) in [6.07, 6.45) is 1.92. The van der Waals surface area contributed by atoms with Crippen molar-refractivity contribution in [3.8, 4) is 0 Å². The summed E-state index contributed by atoms with van der Waals surface area (Å²) in [5.74, 6) is 2.50. The van der Waals surface area contributed by atoms with Gasteiger partial charge in [0.25, 0.3) is 0 Å². The maximum absolute atomic E-state index is 12.7. The lowest BCUT2D eigenvalue weighted by molar-refractivity contribution is 0.430. The summed E-state index contributed by atoms with van der Waals surface area (Å²) in [6, 6.07) is 1.63. The first-order valence-electron chi connectivity index (χ1n) is 7.12. The van der Waals surface area contributed by atoms with Crippen LogP contribution in [0.25, 0.3) is 0 Å². The standard InChI is InChI=1S/C13H21BrN2O3S2/c1-2-4-15-10-11-9-12(13(14)19-11)21(17,18)16-5-3-7-20-8-6-16/h9,15H,2-8,10H2,1H3. The molecule has 1 fully saturated rings. The van der Waals surface area contributed by atoms with Gasteiger partial charge in [-0.3, -0.25) is 0 Å². The highest BCUT2D eigenvalue weighted by atomic mass is 79.9. The van der Waals surface area contributed by atoms with E-state index in [4.69, 9.17) is 4.42 Å². The van der Waals surface area contributed by atoms with Crippen molar-refractivity contribution in [1.82, 2.24) is 9.62 Å². The molecule has 120 valence electrons. The molecule has 1 aromatic heterocycles. The lowest BCUT2D eigenvalue weighted by Crippen LogP contribution is -2.33. The van der Waals surface area contributed by atoms with Gasteiger partial charge in [-0.1, -0.05) is 6.92 Å². The zero-order chi connectivity index (χ0) is 15.3. The average Bonchev–Trinajstić information content (AvgIpc) is 2.67. The van der Waals surface area contributed by atoms with E-state index in [0.29, 0.717) is 30.1 Å². The molecule has 0 atom stereocenters. The van der Waals surface area contributed by atoms with E-state index in [1.165, 1.54) is 0 Å². The molecule has 8 heteroatoms. The van der Waals surface area contributed by atoms with Crippen LogP contribution in [0.2, 0.25) is 0 Å². The molecule has 2 heterocycles. The Morgan fingerprint density at radius 2 is 2.24 bits per heavy atom. The molecule has 0 spiro atoms. The van der Waals surface area contributed by atoms with Crippen LogP contribution in [0.3, 0.4) is 0 Å². The van der Waals surface area contributed by atoms with Gasteiger partial charge in [0.05, 0.1) is 6.54 Å². The molecule has 0 amide bonds. The maximum Gasteiger partial charge on any atom is 0.247 e. The highest BCUT2D eigenvalue weighted by Gasteiger charge is 2.29. The second-order valence-corrected chi connectivity index (χ2v) is 8.75. The topological polar surface area (TPSA) is 62.6 Å². The first-order chi connectivity index (χ1) is 10.1. The van der Waals surface area contributed by atoms with Gasteiger partial charge in [0.1, 0.15) is 10.7 Å². The molecule has 2 rings (SSSR count). The van der Waals surface area contributed by atoms with Crippen LogP contribution in [-0.4, -0.2) is 43.9 Å². The van der Waals surface area contributed by atoms with Crippen molar-refractivity contribution in [1.29, 1.82) is 0 Å². The molecular formula is C13H21BrN2O3S2. The minimum Gasteiger partial charge on any atom is -0.452 e. The molecule has 0 bridgehead atoms. The van der Waals surface area contributed by atoms with Crippen molar-refractivity contribution in [2.75, 3.05) is 31.1 Å². The molecular weight excluding hydrogens is 376 g/mol. The molecule has 5 nitrogen and oxygen atoms in total. The molecule has 1 saturated heterocycles. The zero-order valence-corrected chi connectivity index (χ0v) is 15.3. The summed E-state index contributed by atoms with van der Waals surface area (Å²) in [4.78, 5) is 0.239. The Hall–Kier alpha value is -0.0200. The fourth-order valence-corrected chi connectivity index (χ4v) is 5.59. The van der Waals surface area contributed by atoms with E-state index in [-0.39, 0.29) is 4.90 Å². The van der Waals surface area contributed by atoms with E-state index in [1.54, 1.807) is 22.1 Å². The van der Waals surface area contributed by atoms with Crippen molar-refractivity contribution in [2.45, 2.75) is 31.2 Å². The molecule has 0 aromatic carbocycles. The molecule has 1 aliphatic rings. The van der Waals surface area contributed by atoms with Crippen molar-refractivity contribution >= 4 is 37.7 Å². The molecule has 0 unspecified atom stereocenters. The summed E-state index contributed by atoms with van der Waals surface area (Å²) in [5, 5.41) is 3.21. The highest BCUT2D eigenvalue weighted by Crippen LogP contribution is 2.29. The normalized spacial score (nSPS) is 17.8. The van der Waals surface area contributed by atoms with E-state index < -0.39 is 10.0 Å². The number of sulfonamides is 1. The number of hydrogen-bond donors (Lipinski definition) is 1. The first-order valence-corrected chi connectivity index (χ1v) is 10.5. The van der Waals surface area contributed by atoms with Gasteiger partial charge in [-0.25, -0.2) is 8.42 Å².